The largest absolute Gasteiger partial charge is 0.392 e. The van der Waals surface area contributed by atoms with E-state index in [9.17, 15) is 4.79 Å². The van der Waals surface area contributed by atoms with Crippen molar-refractivity contribution in [3.8, 4) is 0 Å². The van der Waals surface area contributed by atoms with Crippen LogP contribution in [0.15, 0.2) is 6.33 Å². The quantitative estimate of drug-likeness (QED) is 0.798. The lowest BCUT2D eigenvalue weighted by atomic mass is 9.85. The van der Waals surface area contributed by atoms with E-state index < -0.39 is 5.41 Å². The van der Waals surface area contributed by atoms with Crippen molar-refractivity contribution in [3.05, 3.63) is 12.2 Å². The molecule has 0 bridgehead atoms. The molecule has 18 heavy (non-hydrogen) atoms. The van der Waals surface area contributed by atoms with Gasteiger partial charge in [-0.3, -0.25) is 4.79 Å². The number of carbonyl (C=O) groups is 1. The molecule has 2 rings (SSSR count). The number of amides is 1. The molecule has 1 amide bonds. The smallest absolute Gasteiger partial charge is 0.235 e. The molecule has 1 aliphatic rings. The van der Waals surface area contributed by atoms with Gasteiger partial charge in [-0.25, -0.2) is 0 Å². The third-order valence-corrected chi connectivity index (χ3v) is 4.10. The molecule has 0 spiro atoms. The lowest BCUT2D eigenvalue weighted by molar-refractivity contribution is -0.139. The number of fused-ring (bicyclic) bond motifs is 1. The molecule has 1 aromatic rings. The Kier molecular flexibility index (Phi) is 3.34. The molecule has 1 atom stereocenters. The zero-order valence-electron chi connectivity index (χ0n) is 10.6. The SMILES string of the molecule is CCC(C)(C(=O)N1CCn2cnnc2C1)C(N)=S. The van der Waals surface area contributed by atoms with Crippen LogP contribution in [-0.2, 0) is 17.9 Å². The average Bonchev–Trinajstić information content (AvgIpc) is 2.83. The highest BCUT2D eigenvalue weighted by molar-refractivity contribution is 7.80. The van der Waals surface area contributed by atoms with Gasteiger partial charge in [-0.1, -0.05) is 19.1 Å². The minimum atomic E-state index is -0.766. The normalized spacial score (nSPS) is 18.0. The van der Waals surface area contributed by atoms with Crippen molar-refractivity contribution in [2.24, 2.45) is 11.1 Å². The van der Waals surface area contributed by atoms with Crippen molar-refractivity contribution >= 4 is 23.1 Å². The van der Waals surface area contributed by atoms with Crippen LogP contribution in [0.3, 0.4) is 0 Å². The van der Waals surface area contributed by atoms with E-state index in [4.69, 9.17) is 18.0 Å². The Hall–Kier alpha value is -1.50. The molecule has 0 aliphatic carbocycles. The third-order valence-electron chi connectivity index (χ3n) is 3.65. The molecule has 1 unspecified atom stereocenters. The third kappa shape index (κ3) is 1.98. The minimum Gasteiger partial charge on any atom is -0.392 e. The molecule has 7 heteroatoms. The van der Waals surface area contributed by atoms with E-state index in [1.54, 1.807) is 18.2 Å². The molecular formula is C11H17N5OS. The fraction of sp³-hybridized carbons (Fsp3) is 0.636. The zero-order valence-corrected chi connectivity index (χ0v) is 11.4. The van der Waals surface area contributed by atoms with Crippen molar-refractivity contribution in [3.63, 3.8) is 0 Å². The Morgan fingerprint density at radius 1 is 1.61 bits per heavy atom. The molecule has 0 saturated carbocycles. The Labute approximate surface area is 111 Å². The van der Waals surface area contributed by atoms with Crippen molar-refractivity contribution < 1.29 is 4.79 Å². The van der Waals surface area contributed by atoms with Gasteiger partial charge in [-0.2, -0.15) is 0 Å². The summed E-state index contributed by atoms with van der Waals surface area (Å²) < 4.78 is 1.95. The van der Waals surface area contributed by atoms with E-state index >= 15 is 0 Å². The highest BCUT2D eigenvalue weighted by Gasteiger charge is 2.39. The van der Waals surface area contributed by atoms with Crippen molar-refractivity contribution in [2.75, 3.05) is 6.54 Å². The van der Waals surface area contributed by atoms with Crippen LogP contribution >= 0.6 is 12.2 Å². The van der Waals surface area contributed by atoms with Gasteiger partial charge >= 0.3 is 0 Å². The van der Waals surface area contributed by atoms with Crippen LogP contribution in [0.2, 0.25) is 0 Å². The second-order valence-electron chi connectivity index (χ2n) is 4.72. The summed E-state index contributed by atoms with van der Waals surface area (Å²) in [6.07, 6.45) is 2.29. The Morgan fingerprint density at radius 2 is 2.33 bits per heavy atom. The Bertz CT molecular complexity index is 486. The number of hydrogen-bond acceptors (Lipinski definition) is 4. The fourth-order valence-electron chi connectivity index (χ4n) is 2.02. The molecule has 1 aromatic heterocycles. The van der Waals surface area contributed by atoms with E-state index in [2.05, 4.69) is 10.2 Å². The van der Waals surface area contributed by atoms with Gasteiger partial charge < -0.3 is 15.2 Å². The van der Waals surface area contributed by atoms with Crippen LogP contribution in [0.5, 0.6) is 0 Å². The Balaban J connectivity index is 2.19. The maximum absolute atomic E-state index is 12.5. The first-order chi connectivity index (χ1) is 8.49. The molecule has 1 aliphatic heterocycles. The van der Waals surface area contributed by atoms with Crippen LogP contribution in [-0.4, -0.2) is 37.1 Å². The first-order valence-electron chi connectivity index (χ1n) is 5.95. The van der Waals surface area contributed by atoms with E-state index in [0.717, 1.165) is 5.82 Å². The molecule has 6 nitrogen and oxygen atoms in total. The molecule has 0 saturated heterocycles. The van der Waals surface area contributed by atoms with Gasteiger partial charge in [-0.05, 0) is 13.3 Å². The maximum Gasteiger partial charge on any atom is 0.235 e. The highest BCUT2D eigenvalue weighted by Crippen LogP contribution is 2.26. The fourth-order valence-corrected chi connectivity index (χ4v) is 2.25. The minimum absolute atomic E-state index is 0.0215. The van der Waals surface area contributed by atoms with Crippen molar-refractivity contribution in [1.29, 1.82) is 0 Å². The van der Waals surface area contributed by atoms with Gasteiger partial charge in [0.05, 0.1) is 16.9 Å². The van der Waals surface area contributed by atoms with Crippen molar-refractivity contribution in [2.45, 2.75) is 33.4 Å². The molecular weight excluding hydrogens is 250 g/mol. The summed E-state index contributed by atoms with van der Waals surface area (Å²) in [7, 11) is 0. The number of nitrogens with zero attached hydrogens (tertiary/aromatic N) is 4. The topological polar surface area (TPSA) is 77.0 Å². The summed E-state index contributed by atoms with van der Waals surface area (Å²) >= 11 is 5.03. The number of nitrogens with two attached hydrogens (primary N) is 1. The first-order valence-corrected chi connectivity index (χ1v) is 6.36. The van der Waals surface area contributed by atoms with Gasteiger partial charge in [0.25, 0.3) is 0 Å². The maximum atomic E-state index is 12.5. The number of hydrogen-bond donors (Lipinski definition) is 1. The Morgan fingerprint density at radius 3 is 2.94 bits per heavy atom. The molecule has 0 radical (unpaired) electrons. The van der Waals surface area contributed by atoms with Gasteiger partial charge in [0.2, 0.25) is 5.91 Å². The second-order valence-corrected chi connectivity index (χ2v) is 5.16. The number of carbonyl (C=O) groups excluding carboxylic acids is 1. The predicted octanol–water partition coefficient (Wildman–Crippen LogP) is 0.323. The summed E-state index contributed by atoms with van der Waals surface area (Å²) in [6, 6.07) is 0. The van der Waals surface area contributed by atoms with E-state index in [0.29, 0.717) is 26.1 Å². The van der Waals surface area contributed by atoms with Gasteiger partial charge in [0.1, 0.15) is 6.33 Å². The lowest BCUT2D eigenvalue weighted by Gasteiger charge is -2.35. The molecule has 0 fully saturated rings. The van der Waals surface area contributed by atoms with Crippen LogP contribution in [0, 0.1) is 5.41 Å². The first kappa shape index (κ1) is 12.9. The summed E-state index contributed by atoms with van der Waals surface area (Å²) in [5.74, 6) is 0.780. The van der Waals surface area contributed by atoms with Crippen LogP contribution in [0.1, 0.15) is 26.1 Å². The lowest BCUT2D eigenvalue weighted by Crippen LogP contribution is -2.50. The zero-order chi connectivity index (χ0) is 13.3. The summed E-state index contributed by atoms with van der Waals surface area (Å²) in [4.78, 5) is 14.5. The molecule has 2 N–H and O–H groups in total. The molecule has 2 heterocycles. The van der Waals surface area contributed by atoms with E-state index in [1.807, 2.05) is 11.5 Å². The molecule has 98 valence electrons. The predicted molar refractivity (Wildman–Crippen MR) is 70.6 cm³/mol. The number of rotatable bonds is 3. The standard InChI is InChI=1S/C11H17N5OS/c1-3-11(2,9(12)18)10(17)15-4-5-16-7-13-14-8(16)6-15/h7H,3-6H2,1-2H3,(H2,12,18). The highest BCUT2D eigenvalue weighted by atomic mass is 32.1. The van der Waals surface area contributed by atoms with Gasteiger partial charge in [0.15, 0.2) is 5.82 Å². The molecule has 0 aromatic carbocycles. The summed E-state index contributed by atoms with van der Waals surface area (Å²) in [5.41, 5.74) is 4.95. The van der Waals surface area contributed by atoms with Crippen LogP contribution < -0.4 is 5.73 Å². The van der Waals surface area contributed by atoms with E-state index in [1.165, 1.54) is 0 Å². The van der Waals surface area contributed by atoms with Gasteiger partial charge in [-0.15, -0.1) is 10.2 Å². The summed E-state index contributed by atoms with van der Waals surface area (Å²) in [6.45, 7) is 5.55. The second kappa shape index (κ2) is 4.64. The van der Waals surface area contributed by atoms with Crippen LogP contribution in [0.25, 0.3) is 0 Å². The monoisotopic (exact) mass is 267 g/mol. The van der Waals surface area contributed by atoms with E-state index in [-0.39, 0.29) is 10.9 Å². The van der Waals surface area contributed by atoms with Gasteiger partial charge in [0, 0.05) is 13.1 Å². The van der Waals surface area contributed by atoms with Crippen LogP contribution in [0.4, 0.5) is 0 Å². The van der Waals surface area contributed by atoms with Crippen molar-refractivity contribution in [1.82, 2.24) is 19.7 Å². The number of aromatic nitrogens is 3. The average molecular weight is 267 g/mol. The number of thiocarbonyl (C=S) groups is 1. The summed E-state index contributed by atoms with van der Waals surface area (Å²) in [5, 5.41) is 7.84.